The lowest BCUT2D eigenvalue weighted by atomic mass is 9.81. The Morgan fingerprint density at radius 2 is 2.12 bits per heavy atom. The normalized spacial score (nSPS) is 21.6. The van der Waals surface area contributed by atoms with E-state index in [9.17, 15) is 14.7 Å². The van der Waals surface area contributed by atoms with E-state index in [-0.39, 0.29) is 18.1 Å². The van der Waals surface area contributed by atoms with Crippen LogP contribution in [0.1, 0.15) is 42.5 Å². The van der Waals surface area contributed by atoms with E-state index in [0.717, 1.165) is 30.5 Å². The molecule has 32 heavy (non-hydrogen) atoms. The number of likely N-dealkylation sites (tertiary alicyclic amines) is 1. The summed E-state index contributed by atoms with van der Waals surface area (Å²) >= 11 is 8.36. The van der Waals surface area contributed by atoms with Gasteiger partial charge in [0.15, 0.2) is 5.78 Å². The molecule has 172 valence electrons. The minimum atomic E-state index is -0.765. The minimum Gasteiger partial charge on any atom is -0.497 e. The number of fused-ring (bicyclic) bond motifs is 1. The maximum atomic E-state index is 13.2. The van der Waals surface area contributed by atoms with Gasteiger partial charge in [0.1, 0.15) is 5.75 Å². The minimum absolute atomic E-state index is 0.00908. The van der Waals surface area contributed by atoms with E-state index < -0.39 is 11.9 Å². The second-order valence-corrected chi connectivity index (χ2v) is 10.5. The van der Waals surface area contributed by atoms with Crippen LogP contribution in [0.2, 0.25) is 5.02 Å². The zero-order chi connectivity index (χ0) is 22.7. The molecule has 1 aromatic carbocycles. The number of nitrogens with zero attached hydrogens (tertiary/aromatic N) is 2. The summed E-state index contributed by atoms with van der Waals surface area (Å²) in [5, 5.41) is 11.6. The fourth-order valence-electron chi connectivity index (χ4n) is 4.48. The molecule has 2 aliphatic rings. The molecule has 0 bridgehead atoms. The van der Waals surface area contributed by atoms with Gasteiger partial charge in [-0.2, -0.15) is 11.8 Å². The lowest BCUT2D eigenvalue weighted by Crippen LogP contribution is -2.44. The zero-order valence-electron chi connectivity index (χ0n) is 18.3. The first kappa shape index (κ1) is 23.3. The number of hydrogen-bond acceptors (Lipinski definition) is 6. The zero-order valence-corrected chi connectivity index (χ0v) is 19.8. The highest BCUT2D eigenvalue weighted by atomic mass is 35.5. The van der Waals surface area contributed by atoms with Crippen LogP contribution in [-0.2, 0) is 4.79 Å². The van der Waals surface area contributed by atoms with Crippen molar-refractivity contribution in [1.29, 1.82) is 0 Å². The number of methoxy groups -OCH3 is 1. The Morgan fingerprint density at radius 3 is 2.84 bits per heavy atom. The highest BCUT2D eigenvalue weighted by molar-refractivity contribution is 8.00. The van der Waals surface area contributed by atoms with Crippen molar-refractivity contribution in [2.45, 2.75) is 37.4 Å². The molecule has 0 spiro atoms. The highest BCUT2D eigenvalue weighted by Gasteiger charge is 2.34. The van der Waals surface area contributed by atoms with E-state index in [2.05, 4.69) is 9.88 Å². The van der Waals surface area contributed by atoms with Crippen LogP contribution in [0, 0.1) is 11.8 Å². The number of piperidine rings is 1. The second kappa shape index (κ2) is 10.4. The number of ketones is 1. The van der Waals surface area contributed by atoms with Gasteiger partial charge in [0, 0.05) is 47.7 Å². The SMILES string of the molecule is COc1ccc2ncc(Cl)c(C(=O)CC[C@H]3CCN(CCSC4CC4)C[C@H]3C(=O)O)c2c1. The molecule has 1 aliphatic carbocycles. The molecule has 2 fully saturated rings. The van der Waals surface area contributed by atoms with Crippen LogP contribution >= 0.6 is 23.4 Å². The van der Waals surface area contributed by atoms with Crippen molar-refractivity contribution in [1.82, 2.24) is 9.88 Å². The average molecular weight is 477 g/mol. The predicted molar refractivity (Wildman–Crippen MR) is 128 cm³/mol. The van der Waals surface area contributed by atoms with Gasteiger partial charge in [-0.1, -0.05) is 11.6 Å². The van der Waals surface area contributed by atoms with Gasteiger partial charge < -0.3 is 14.7 Å². The third kappa shape index (κ3) is 5.56. The number of pyridine rings is 1. The lowest BCUT2D eigenvalue weighted by molar-refractivity contribution is -0.146. The van der Waals surface area contributed by atoms with Gasteiger partial charge in [-0.3, -0.25) is 14.6 Å². The van der Waals surface area contributed by atoms with Crippen molar-refractivity contribution < 1.29 is 19.4 Å². The van der Waals surface area contributed by atoms with Crippen LogP contribution in [0.25, 0.3) is 10.9 Å². The predicted octanol–water partition coefficient (Wildman–Crippen LogP) is 4.78. The number of carboxylic acid groups (broad SMARTS) is 1. The summed E-state index contributed by atoms with van der Waals surface area (Å²) in [6, 6.07) is 5.38. The topological polar surface area (TPSA) is 79.7 Å². The molecular formula is C24H29ClN2O4S. The van der Waals surface area contributed by atoms with Crippen molar-refractivity contribution in [2.24, 2.45) is 11.8 Å². The van der Waals surface area contributed by atoms with Crippen LogP contribution in [0.5, 0.6) is 5.75 Å². The largest absolute Gasteiger partial charge is 0.497 e. The Hall–Kier alpha value is -1.83. The summed E-state index contributed by atoms with van der Waals surface area (Å²) in [6.45, 7) is 2.40. The summed E-state index contributed by atoms with van der Waals surface area (Å²) in [4.78, 5) is 31.7. The molecule has 2 heterocycles. The van der Waals surface area contributed by atoms with Crippen LogP contribution in [0.3, 0.4) is 0 Å². The first-order valence-corrected chi connectivity index (χ1v) is 12.6. The molecule has 0 radical (unpaired) electrons. The van der Waals surface area contributed by atoms with E-state index in [0.29, 0.717) is 40.2 Å². The van der Waals surface area contributed by atoms with Gasteiger partial charge in [-0.05, 0) is 56.3 Å². The number of halogens is 1. The van der Waals surface area contributed by atoms with Gasteiger partial charge >= 0.3 is 5.97 Å². The number of carbonyl (C=O) groups excluding carboxylic acids is 1. The summed E-state index contributed by atoms with van der Waals surface area (Å²) in [6.07, 6.45) is 5.76. The standard InChI is InChI=1S/C24H29ClN2O4S/c1-31-16-3-6-21-18(12-16)23(20(25)13-26-21)22(28)7-2-15-8-9-27(14-19(15)24(29)30)10-11-32-17-4-5-17/h3,6,12-13,15,17,19H,2,4-5,7-11,14H2,1H3,(H,29,30)/t15-,19+/m0/s1. The first-order valence-electron chi connectivity index (χ1n) is 11.2. The number of aromatic nitrogens is 1. The summed E-state index contributed by atoms with van der Waals surface area (Å²) in [5.41, 5.74) is 1.12. The second-order valence-electron chi connectivity index (χ2n) is 8.69. The first-order chi connectivity index (χ1) is 15.5. The quantitative estimate of drug-likeness (QED) is 0.494. The number of hydrogen-bond donors (Lipinski definition) is 1. The molecule has 2 atom stereocenters. The molecule has 1 saturated heterocycles. The van der Waals surface area contributed by atoms with Crippen LogP contribution in [0.15, 0.2) is 24.4 Å². The molecule has 6 nitrogen and oxygen atoms in total. The maximum Gasteiger partial charge on any atom is 0.308 e. The summed E-state index contributed by atoms with van der Waals surface area (Å²) in [7, 11) is 1.57. The van der Waals surface area contributed by atoms with Gasteiger partial charge in [-0.25, -0.2) is 0 Å². The Kier molecular flexibility index (Phi) is 7.59. The highest BCUT2D eigenvalue weighted by Crippen LogP contribution is 2.35. The Balaban J connectivity index is 1.40. The number of carbonyl (C=O) groups is 2. The van der Waals surface area contributed by atoms with E-state index in [1.165, 1.54) is 19.0 Å². The third-order valence-electron chi connectivity index (χ3n) is 6.49. The molecule has 1 saturated carbocycles. The van der Waals surface area contributed by atoms with E-state index in [1.807, 2.05) is 11.8 Å². The molecule has 1 aromatic heterocycles. The van der Waals surface area contributed by atoms with Gasteiger partial charge in [-0.15, -0.1) is 0 Å². The number of benzene rings is 1. The molecule has 1 aliphatic heterocycles. The maximum absolute atomic E-state index is 13.2. The van der Waals surface area contributed by atoms with Crippen LogP contribution in [-0.4, -0.2) is 64.5 Å². The number of ether oxygens (including phenoxy) is 1. The van der Waals surface area contributed by atoms with Gasteiger partial charge in [0.05, 0.1) is 23.6 Å². The number of aliphatic carboxylic acids is 1. The van der Waals surface area contributed by atoms with Gasteiger partial charge in [0.2, 0.25) is 0 Å². The summed E-state index contributed by atoms with van der Waals surface area (Å²) < 4.78 is 5.29. The molecular weight excluding hydrogens is 448 g/mol. The smallest absolute Gasteiger partial charge is 0.308 e. The fourth-order valence-corrected chi connectivity index (χ4v) is 5.90. The number of thioether (sulfide) groups is 1. The number of rotatable bonds is 10. The molecule has 1 N–H and O–H groups in total. The van der Waals surface area contributed by atoms with Crippen molar-refractivity contribution in [2.75, 3.05) is 32.5 Å². The lowest BCUT2D eigenvalue weighted by Gasteiger charge is -2.36. The number of Topliss-reactive ketones (excluding diaryl/α,β-unsaturated/α-hetero) is 1. The van der Waals surface area contributed by atoms with Crippen molar-refractivity contribution in [3.63, 3.8) is 0 Å². The molecule has 8 heteroatoms. The van der Waals surface area contributed by atoms with Crippen LogP contribution in [0.4, 0.5) is 0 Å². The molecule has 2 aromatic rings. The molecule has 0 amide bonds. The molecule has 0 unspecified atom stereocenters. The van der Waals surface area contributed by atoms with Crippen molar-refractivity contribution in [3.05, 3.63) is 35.0 Å². The monoisotopic (exact) mass is 476 g/mol. The third-order valence-corrected chi connectivity index (χ3v) is 8.14. The Bertz CT molecular complexity index is 997. The van der Waals surface area contributed by atoms with E-state index in [1.54, 1.807) is 25.3 Å². The Morgan fingerprint density at radius 1 is 1.31 bits per heavy atom. The summed E-state index contributed by atoms with van der Waals surface area (Å²) in [5.74, 6) is 0.408. The average Bonchev–Trinajstić information content (AvgIpc) is 3.61. The Labute approximate surface area is 197 Å². The van der Waals surface area contributed by atoms with Crippen LogP contribution < -0.4 is 4.74 Å². The van der Waals surface area contributed by atoms with E-state index >= 15 is 0 Å². The number of carboxylic acids is 1. The fraction of sp³-hybridized carbons (Fsp3) is 0.542. The van der Waals surface area contributed by atoms with Crippen molar-refractivity contribution in [3.8, 4) is 5.75 Å². The van der Waals surface area contributed by atoms with Crippen molar-refractivity contribution >= 4 is 46.0 Å². The molecule has 4 rings (SSSR count). The van der Waals surface area contributed by atoms with E-state index in [4.69, 9.17) is 16.3 Å². The van der Waals surface area contributed by atoms with Gasteiger partial charge in [0.25, 0.3) is 0 Å².